The van der Waals surface area contributed by atoms with Crippen LogP contribution in [0.1, 0.15) is 32.6 Å². The van der Waals surface area contributed by atoms with Crippen LogP contribution >= 0.6 is 23.6 Å². The number of nitrogens with one attached hydrogen (secondary N) is 1. The minimum Gasteiger partial charge on any atom is -0.360 e. The highest BCUT2D eigenvalue weighted by Gasteiger charge is 2.12. The molecule has 2 rings (SSSR count). The van der Waals surface area contributed by atoms with Gasteiger partial charge in [-0.2, -0.15) is 0 Å². The maximum Gasteiger partial charge on any atom is 0.204 e. The third-order valence-electron chi connectivity index (χ3n) is 2.92. The molecule has 1 aliphatic rings. The zero-order valence-electron chi connectivity index (χ0n) is 10.3. The van der Waals surface area contributed by atoms with Crippen molar-refractivity contribution in [3.63, 3.8) is 0 Å². The fraction of sp³-hybridized carbons (Fsp3) is 0.818. The van der Waals surface area contributed by atoms with E-state index in [2.05, 4.69) is 22.2 Å². The quantitative estimate of drug-likeness (QED) is 0.836. The molecule has 1 aromatic rings. The molecule has 0 aliphatic carbocycles. The van der Waals surface area contributed by atoms with E-state index >= 15 is 0 Å². The summed E-state index contributed by atoms with van der Waals surface area (Å²) in [4.78, 5) is 2.43. The molecule has 1 fully saturated rings. The average Bonchev–Trinajstić information content (AvgIpc) is 2.69. The van der Waals surface area contributed by atoms with Crippen molar-refractivity contribution in [1.29, 1.82) is 0 Å². The molecule has 6 heteroatoms. The molecule has 1 N–H and O–H groups in total. The Balaban J connectivity index is 1.95. The van der Waals surface area contributed by atoms with Crippen LogP contribution in [0.2, 0.25) is 0 Å². The van der Waals surface area contributed by atoms with E-state index in [0.717, 1.165) is 28.7 Å². The molecule has 96 valence electrons. The van der Waals surface area contributed by atoms with Gasteiger partial charge in [-0.05, 0) is 44.6 Å². The highest BCUT2D eigenvalue weighted by Crippen LogP contribution is 2.16. The zero-order valence-corrected chi connectivity index (χ0v) is 11.9. The standard InChI is InChI=1S/C11H20N4S2/c1-2-6-12-10-13-15(11(16)17-10)9-14-7-4-3-5-8-14/h2-9H2,1H3,(H,12,13). The summed E-state index contributed by atoms with van der Waals surface area (Å²) in [5.41, 5.74) is 0. The summed E-state index contributed by atoms with van der Waals surface area (Å²) in [6, 6.07) is 0. The minimum absolute atomic E-state index is 0.850. The van der Waals surface area contributed by atoms with Crippen molar-refractivity contribution in [2.24, 2.45) is 0 Å². The summed E-state index contributed by atoms with van der Waals surface area (Å²) in [7, 11) is 0. The molecule has 0 spiro atoms. The first-order chi connectivity index (χ1) is 8.29. The van der Waals surface area contributed by atoms with Crippen molar-refractivity contribution in [2.75, 3.05) is 25.0 Å². The normalized spacial score (nSPS) is 17.2. The van der Waals surface area contributed by atoms with E-state index in [1.807, 2.05) is 4.68 Å². The van der Waals surface area contributed by atoms with E-state index in [1.165, 1.54) is 32.4 Å². The number of hydrogen-bond donors (Lipinski definition) is 1. The second kappa shape index (κ2) is 6.47. The largest absolute Gasteiger partial charge is 0.360 e. The van der Waals surface area contributed by atoms with Crippen molar-refractivity contribution in [3.05, 3.63) is 3.95 Å². The van der Waals surface area contributed by atoms with Gasteiger partial charge in [-0.3, -0.25) is 4.90 Å². The smallest absolute Gasteiger partial charge is 0.204 e. The van der Waals surface area contributed by atoms with Crippen molar-refractivity contribution >= 4 is 28.7 Å². The topological polar surface area (TPSA) is 33.1 Å². The predicted octanol–water partition coefficient (Wildman–Crippen LogP) is 2.94. The number of anilines is 1. The first-order valence-electron chi connectivity index (χ1n) is 6.34. The average molecular weight is 272 g/mol. The highest BCUT2D eigenvalue weighted by molar-refractivity contribution is 7.73. The molecule has 0 bridgehead atoms. The fourth-order valence-corrected chi connectivity index (χ4v) is 3.01. The van der Waals surface area contributed by atoms with Gasteiger partial charge in [-0.25, -0.2) is 4.68 Å². The molecule has 2 heterocycles. The van der Waals surface area contributed by atoms with Gasteiger partial charge >= 0.3 is 0 Å². The van der Waals surface area contributed by atoms with Crippen LogP contribution in [0.25, 0.3) is 0 Å². The second-order valence-corrected chi connectivity index (χ2v) is 6.04. The van der Waals surface area contributed by atoms with Crippen molar-refractivity contribution in [2.45, 2.75) is 39.3 Å². The molecule has 0 saturated carbocycles. The monoisotopic (exact) mass is 272 g/mol. The van der Waals surface area contributed by atoms with Gasteiger partial charge in [0.25, 0.3) is 0 Å². The molecule has 1 saturated heterocycles. The van der Waals surface area contributed by atoms with Crippen LogP contribution in [-0.4, -0.2) is 34.3 Å². The second-order valence-electron chi connectivity index (χ2n) is 4.42. The number of aromatic nitrogens is 2. The number of piperidine rings is 1. The van der Waals surface area contributed by atoms with Crippen LogP contribution < -0.4 is 5.32 Å². The van der Waals surface area contributed by atoms with Gasteiger partial charge in [0.15, 0.2) is 3.95 Å². The molecule has 0 amide bonds. The molecule has 17 heavy (non-hydrogen) atoms. The Labute approximate surface area is 112 Å². The SMILES string of the molecule is CCCNc1nn(CN2CCCCC2)c(=S)s1. The molecule has 4 nitrogen and oxygen atoms in total. The molecule has 0 radical (unpaired) electrons. The first kappa shape index (κ1) is 13.0. The van der Waals surface area contributed by atoms with Crippen LogP contribution in [0.4, 0.5) is 5.13 Å². The van der Waals surface area contributed by atoms with Gasteiger partial charge in [0, 0.05) is 6.54 Å². The van der Waals surface area contributed by atoms with Crippen molar-refractivity contribution in [3.8, 4) is 0 Å². The Bertz CT molecular complexity index is 392. The summed E-state index contributed by atoms with van der Waals surface area (Å²) >= 11 is 6.92. The Morgan fingerprint density at radius 2 is 2.12 bits per heavy atom. The van der Waals surface area contributed by atoms with Crippen LogP contribution in [0.5, 0.6) is 0 Å². The predicted molar refractivity (Wildman–Crippen MR) is 75.1 cm³/mol. The van der Waals surface area contributed by atoms with E-state index in [1.54, 1.807) is 11.3 Å². The Morgan fingerprint density at radius 1 is 1.35 bits per heavy atom. The molecule has 0 atom stereocenters. The number of hydrogen-bond acceptors (Lipinski definition) is 5. The lowest BCUT2D eigenvalue weighted by molar-refractivity contribution is 0.173. The molecular formula is C11H20N4S2. The Kier molecular flexibility index (Phi) is 4.94. The van der Waals surface area contributed by atoms with Gasteiger partial charge < -0.3 is 5.32 Å². The molecule has 1 aromatic heterocycles. The van der Waals surface area contributed by atoms with E-state index < -0.39 is 0 Å². The molecular weight excluding hydrogens is 252 g/mol. The number of rotatable bonds is 5. The lowest BCUT2D eigenvalue weighted by Gasteiger charge is -2.25. The van der Waals surface area contributed by atoms with Crippen LogP contribution in [0, 0.1) is 3.95 Å². The molecule has 0 aromatic carbocycles. The summed E-state index contributed by atoms with van der Waals surface area (Å²) < 4.78 is 2.82. The highest BCUT2D eigenvalue weighted by atomic mass is 32.1. The number of likely N-dealkylation sites (tertiary alicyclic amines) is 1. The van der Waals surface area contributed by atoms with E-state index in [4.69, 9.17) is 12.2 Å². The van der Waals surface area contributed by atoms with Crippen molar-refractivity contribution in [1.82, 2.24) is 14.7 Å². The maximum atomic E-state index is 5.34. The third kappa shape index (κ3) is 3.76. The van der Waals surface area contributed by atoms with E-state index in [9.17, 15) is 0 Å². The van der Waals surface area contributed by atoms with Crippen LogP contribution in [0.15, 0.2) is 0 Å². The van der Waals surface area contributed by atoms with Gasteiger partial charge in [0.05, 0.1) is 6.67 Å². The van der Waals surface area contributed by atoms with Gasteiger partial charge in [-0.1, -0.05) is 24.7 Å². The van der Waals surface area contributed by atoms with Crippen LogP contribution in [-0.2, 0) is 6.67 Å². The fourth-order valence-electron chi connectivity index (χ4n) is 1.99. The summed E-state index contributed by atoms with van der Waals surface area (Å²) in [6.45, 7) is 6.32. The Hall–Kier alpha value is -0.460. The molecule has 1 aliphatic heterocycles. The van der Waals surface area contributed by atoms with Crippen molar-refractivity contribution < 1.29 is 0 Å². The maximum absolute atomic E-state index is 5.34. The molecule has 0 unspecified atom stereocenters. The van der Waals surface area contributed by atoms with Crippen LogP contribution in [0.3, 0.4) is 0 Å². The van der Waals surface area contributed by atoms with Gasteiger partial charge in [0.2, 0.25) is 5.13 Å². The van der Waals surface area contributed by atoms with Gasteiger partial charge in [0.1, 0.15) is 0 Å². The summed E-state index contributed by atoms with van der Waals surface area (Å²) in [5, 5.41) is 8.77. The zero-order chi connectivity index (χ0) is 12.1. The lowest BCUT2D eigenvalue weighted by atomic mass is 10.1. The summed E-state index contributed by atoms with van der Waals surface area (Å²) in [6.07, 6.45) is 5.08. The Morgan fingerprint density at radius 3 is 2.82 bits per heavy atom. The number of nitrogens with zero attached hydrogens (tertiary/aromatic N) is 3. The minimum atomic E-state index is 0.850. The summed E-state index contributed by atoms with van der Waals surface area (Å²) in [5.74, 6) is 0. The van der Waals surface area contributed by atoms with E-state index in [-0.39, 0.29) is 0 Å². The lowest BCUT2D eigenvalue weighted by Crippen LogP contribution is -2.32. The van der Waals surface area contributed by atoms with Gasteiger partial charge in [-0.15, -0.1) is 5.10 Å². The third-order valence-corrected chi connectivity index (χ3v) is 4.18. The first-order valence-corrected chi connectivity index (χ1v) is 7.56. The van der Waals surface area contributed by atoms with E-state index in [0.29, 0.717) is 0 Å².